The van der Waals surface area contributed by atoms with Gasteiger partial charge in [0.15, 0.2) is 4.80 Å². The molecule has 0 saturated heterocycles. The largest absolute Gasteiger partial charge is 0.487 e. The van der Waals surface area contributed by atoms with Crippen molar-refractivity contribution in [2.75, 3.05) is 6.61 Å². The summed E-state index contributed by atoms with van der Waals surface area (Å²) in [5, 5.41) is 1.93. The second kappa shape index (κ2) is 11.5. The highest BCUT2D eigenvalue weighted by molar-refractivity contribution is 9.11. The first-order valence-electron chi connectivity index (χ1n) is 11.8. The molecule has 0 aliphatic carbocycles. The molecule has 0 spiro atoms. The molecule has 5 rings (SSSR count). The van der Waals surface area contributed by atoms with Crippen LogP contribution in [0.3, 0.4) is 0 Å². The smallest absolute Gasteiger partial charge is 0.338 e. The molecule has 4 aromatic rings. The summed E-state index contributed by atoms with van der Waals surface area (Å²) < 4.78 is 15.0. The molecule has 10 heteroatoms. The minimum Gasteiger partial charge on any atom is -0.487 e. The van der Waals surface area contributed by atoms with Gasteiger partial charge in [0.2, 0.25) is 0 Å². The van der Waals surface area contributed by atoms with E-state index in [4.69, 9.17) is 9.47 Å². The van der Waals surface area contributed by atoms with E-state index in [1.807, 2.05) is 66.1 Å². The van der Waals surface area contributed by atoms with Crippen LogP contribution in [-0.2, 0) is 16.1 Å². The lowest BCUT2D eigenvalue weighted by molar-refractivity contribution is -0.139. The van der Waals surface area contributed by atoms with E-state index in [9.17, 15) is 9.59 Å². The minimum absolute atomic E-state index is 0.210. The van der Waals surface area contributed by atoms with Gasteiger partial charge < -0.3 is 9.47 Å². The molecule has 3 heterocycles. The predicted molar refractivity (Wildman–Crippen MR) is 157 cm³/mol. The average molecular weight is 674 g/mol. The van der Waals surface area contributed by atoms with Gasteiger partial charge in [0.25, 0.3) is 5.56 Å². The van der Waals surface area contributed by atoms with Gasteiger partial charge in [0.1, 0.15) is 18.4 Å². The molecular weight excluding hydrogens is 652 g/mol. The number of benzene rings is 2. The Morgan fingerprint density at radius 2 is 1.87 bits per heavy atom. The number of hydrogen-bond acceptors (Lipinski definition) is 7. The van der Waals surface area contributed by atoms with Crippen molar-refractivity contribution in [3.8, 4) is 5.75 Å². The van der Waals surface area contributed by atoms with Crippen LogP contribution in [-0.4, -0.2) is 17.1 Å². The van der Waals surface area contributed by atoms with Crippen molar-refractivity contribution in [2.24, 2.45) is 4.99 Å². The van der Waals surface area contributed by atoms with E-state index < -0.39 is 12.0 Å². The maximum absolute atomic E-state index is 13.7. The number of thiazole rings is 1. The fourth-order valence-electron chi connectivity index (χ4n) is 4.19. The van der Waals surface area contributed by atoms with Crippen LogP contribution < -0.4 is 19.6 Å². The number of ether oxygens (including phenoxy) is 2. The molecule has 0 amide bonds. The second-order valence-electron chi connectivity index (χ2n) is 8.41. The Morgan fingerprint density at radius 3 is 2.53 bits per heavy atom. The van der Waals surface area contributed by atoms with Crippen LogP contribution in [0.1, 0.15) is 35.9 Å². The van der Waals surface area contributed by atoms with E-state index in [-0.39, 0.29) is 12.2 Å². The number of fused-ring (bicyclic) bond motifs is 1. The number of allylic oxidation sites excluding steroid dienone is 1. The van der Waals surface area contributed by atoms with Gasteiger partial charge in [-0.2, -0.15) is 0 Å². The van der Waals surface area contributed by atoms with Crippen LogP contribution in [0.15, 0.2) is 90.0 Å². The Balaban J connectivity index is 1.54. The summed E-state index contributed by atoms with van der Waals surface area (Å²) in [7, 11) is 0. The first-order valence-corrected chi connectivity index (χ1v) is 15.0. The normalized spacial score (nSPS) is 15.3. The van der Waals surface area contributed by atoms with Gasteiger partial charge in [-0.25, -0.2) is 9.79 Å². The van der Waals surface area contributed by atoms with Crippen molar-refractivity contribution in [3.63, 3.8) is 0 Å². The van der Waals surface area contributed by atoms with E-state index in [0.717, 1.165) is 24.9 Å². The van der Waals surface area contributed by atoms with Crippen molar-refractivity contribution >= 4 is 66.6 Å². The van der Waals surface area contributed by atoms with Gasteiger partial charge in [-0.1, -0.05) is 47.7 Å². The Kier molecular flexibility index (Phi) is 8.13. The van der Waals surface area contributed by atoms with Gasteiger partial charge in [-0.05, 0) is 86.5 Å². The van der Waals surface area contributed by atoms with Crippen molar-refractivity contribution in [2.45, 2.75) is 26.5 Å². The summed E-state index contributed by atoms with van der Waals surface area (Å²) in [6.07, 6.45) is 1.83. The Morgan fingerprint density at radius 1 is 1.13 bits per heavy atom. The molecule has 1 atom stereocenters. The minimum atomic E-state index is -0.584. The number of carbonyl (C=O) groups excluding carboxylic acids is 1. The number of halogens is 2. The van der Waals surface area contributed by atoms with Crippen LogP contribution in [0.2, 0.25) is 0 Å². The molecule has 0 radical (unpaired) electrons. The lowest BCUT2D eigenvalue weighted by Gasteiger charge is -2.23. The summed E-state index contributed by atoms with van der Waals surface area (Å²) >= 11 is 10.0. The lowest BCUT2D eigenvalue weighted by Crippen LogP contribution is -2.39. The molecule has 1 aliphatic heterocycles. The van der Waals surface area contributed by atoms with E-state index in [2.05, 4.69) is 36.9 Å². The average Bonchev–Trinajstić information content (AvgIpc) is 3.52. The van der Waals surface area contributed by atoms with E-state index >= 15 is 0 Å². The van der Waals surface area contributed by atoms with Crippen LogP contribution in [0.5, 0.6) is 5.75 Å². The van der Waals surface area contributed by atoms with Crippen molar-refractivity contribution < 1.29 is 14.3 Å². The highest BCUT2D eigenvalue weighted by Crippen LogP contribution is 2.36. The number of esters is 1. The molecule has 6 nitrogen and oxygen atoms in total. The first kappa shape index (κ1) is 26.8. The van der Waals surface area contributed by atoms with Crippen molar-refractivity contribution in [3.05, 3.63) is 116 Å². The third-order valence-corrected chi connectivity index (χ3v) is 8.96. The monoisotopic (exact) mass is 672 g/mol. The highest BCUT2D eigenvalue weighted by Gasteiger charge is 2.33. The first-order chi connectivity index (χ1) is 18.4. The topological polar surface area (TPSA) is 69.9 Å². The number of thiophene rings is 1. The number of carbonyl (C=O) groups is 1. The fourth-order valence-corrected chi connectivity index (χ4v) is 7.51. The van der Waals surface area contributed by atoms with Crippen molar-refractivity contribution in [1.29, 1.82) is 0 Å². The standard InChI is InChI=1S/C28H22Br2N2O4S2/c1-3-35-27(34)23-16(2)31-28-32(24(23)21-10-7-11-37-21)26(33)22(38-28)14-18-12-19(29)25(20(30)13-18)36-15-17-8-5-4-6-9-17/h4-14,24H,3,15H2,1-2H3/b22-14-/t24-/m0/s1. The third kappa shape index (κ3) is 5.36. The Labute approximate surface area is 243 Å². The summed E-state index contributed by atoms with van der Waals surface area (Å²) in [6.45, 7) is 4.22. The fraction of sp³-hybridized carbons (Fsp3) is 0.179. The Bertz CT molecular complexity index is 1680. The van der Waals surface area contributed by atoms with Crippen LogP contribution in [0, 0.1) is 0 Å². The highest BCUT2D eigenvalue weighted by atomic mass is 79.9. The molecular formula is C28H22Br2N2O4S2. The van der Waals surface area contributed by atoms with Gasteiger partial charge >= 0.3 is 5.97 Å². The third-order valence-electron chi connectivity index (χ3n) is 5.87. The molecule has 0 N–H and O–H groups in total. The zero-order chi connectivity index (χ0) is 26.8. The van der Waals surface area contributed by atoms with Crippen LogP contribution in [0.25, 0.3) is 6.08 Å². The number of nitrogens with zero attached hydrogens (tertiary/aromatic N) is 2. The molecule has 0 saturated carbocycles. The number of hydrogen-bond donors (Lipinski definition) is 0. The predicted octanol–water partition coefficient (Wildman–Crippen LogP) is 5.96. The molecule has 2 aromatic heterocycles. The molecule has 2 aromatic carbocycles. The second-order valence-corrected chi connectivity index (χ2v) is 12.1. The van der Waals surface area contributed by atoms with E-state index in [0.29, 0.717) is 33.0 Å². The molecule has 38 heavy (non-hydrogen) atoms. The van der Waals surface area contributed by atoms with Gasteiger partial charge in [0, 0.05) is 4.88 Å². The zero-order valence-corrected chi connectivity index (χ0v) is 25.2. The van der Waals surface area contributed by atoms with Gasteiger partial charge in [-0.15, -0.1) is 11.3 Å². The molecule has 0 bridgehead atoms. The van der Waals surface area contributed by atoms with E-state index in [1.54, 1.807) is 18.4 Å². The SMILES string of the molecule is CCOC(=O)C1=C(C)N=c2s/c(=C\c3cc(Br)c(OCc4ccccc4)c(Br)c3)c(=O)n2[C@H]1c1cccs1. The number of aromatic nitrogens is 1. The zero-order valence-electron chi connectivity index (χ0n) is 20.4. The maximum Gasteiger partial charge on any atom is 0.338 e. The van der Waals surface area contributed by atoms with E-state index in [1.165, 1.54) is 22.7 Å². The molecule has 194 valence electrons. The van der Waals surface area contributed by atoms with Crippen LogP contribution >= 0.6 is 54.5 Å². The number of rotatable bonds is 7. The maximum atomic E-state index is 13.7. The van der Waals surface area contributed by atoms with Crippen LogP contribution in [0.4, 0.5) is 0 Å². The summed E-state index contributed by atoms with van der Waals surface area (Å²) in [5.74, 6) is 0.222. The van der Waals surface area contributed by atoms with Gasteiger partial charge in [-0.3, -0.25) is 9.36 Å². The molecule has 0 fully saturated rings. The van der Waals surface area contributed by atoms with Gasteiger partial charge in [0.05, 0.1) is 31.4 Å². The summed E-state index contributed by atoms with van der Waals surface area (Å²) in [4.78, 5) is 32.7. The molecule has 1 aliphatic rings. The summed E-state index contributed by atoms with van der Waals surface area (Å²) in [5.41, 5.74) is 2.61. The lowest BCUT2D eigenvalue weighted by atomic mass is 10.0. The Hall–Kier alpha value is -2.79. The van der Waals surface area contributed by atoms with Crippen molar-refractivity contribution in [1.82, 2.24) is 4.57 Å². The quantitative estimate of drug-likeness (QED) is 0.227. The summed E-state index contributed by atoms with van der Waals surface area (Å²) in [6, 6.07) is 17.0. The molecule has 0 unspecified atom stereocenters.